The third-order valence-electron chi connectivity index (χ3n) is 4.70. The largest absolute Gasteiger partial charge is 0.448 e. The number of nitrogens with zero attached hydrogens (tertiary/aromatic N) is 2. The molecule has 32 heavy (non-hydrogen) atoms. The number of benzene rings is 1. The molecule has 2 amide bonds. The van der Waals surface area contributed by atoms with E-state index < -0.39 is 17.7 Å². The number of carbonyl (C=O) groups is 2. The van der Waals surface area contributed by atoms with Gasteiger partial charge in [-0.2, -0.15) is 0 Å². The van der Waals surface area contributed by atoms with Gasteiger partial charge in [0, 0.05) is 20.2 Å². The Kier molecular flexibility index (Phi) is 12.3. The second-order valence-corrected chi connectivity index (χ2v) is 8.04. The van der Waals surface area contributed by atoms with Gasteiger partial charge in [0.2, 0.25) is 5.91 Å². The van der Waals surface area contributed by atoms with Gasteiger partial charge < -0.3 is 26.2 Å². The van der Waals surface area contributed by atoms with Gasteiger partial charge in [-0.1, -0.05) is 30.3 Å². The second-order valence-electron chi connectivity index (χ2n) is 8.04. The molecule has 0 radical (unpaired) electrons. The lowest BCUT2D eigenvalue weighted by atomic mass is 10.0. The van der Waals surface area contributed by atoms with Crippen LogP contribution in [0.15, 0.2) is 35.3 Å². The number of rotatable bonds is 13. The molecule has 7 N–H and O–H groups in total. The number of carbonyl (C=O) groups excluding carboxylic acids is 2. The predicted octanol–water partition coefficient (Wildman–Crippen LogP) is 0.544. The Morgan fingerprint density at radius 2 is 1.94 bits per heavy atom. The van der Waals surface area contributed by atoms with Gasteiger partial charge in [-0.15, -0.1) is 0 Å². The number of hydrogen-bond acceptors (Lipinski definition) is 7. The summed E-state index contributed by atoms with van der Waals surface area (Å²) in [6, 6.07) is 9.63. The molecule has 0 heterocycles. The highest BCUT2D eigenvalue weighted by Crippen LogP contribution is 2.10. The van der Waals surface area contributed by atoms with E-state index in [1.807, 2.05) is 18.2 Å². The van der Waals surface area contributed by atoms with E-state index in [4.69, 9.17) is 21.4 Å². The monoisotopic (exact) mass is 450 g/mol. The van der Waals surface area contributed by atoms with Gasteiger partial charge in [0.15, 0.2) is 0 Å². The molecular formula is C22H38N6O4. The first-order valence-corrected chi connectivity index (χ1v) is 10.8. The fourth-order valence-electron chi connectivity index (χ4n) is 2.92. The van der Waals surface area contributed by atoms with Crippen LogP contribution in [0.2, 0.25) is 0 Å². The third-order valence-corrected chi connectivity index (χ3v) is 4.70. The van der Waals surface area contributed by atoms with E-state index >= 15 is 0 Å². The molecule has 1 unspecified atom stereocenters. The van der Waals surface area contributed by atoms with Crippen molar-refractivity contribution in [2.75, 3.05) is 33.4 Å². The van der Waals surface area contributed by atoms with Crippen LogP contribution in [0.25, 0.3) is 0 Å². The summed E-state index contributed by atoms with van der Waals surface area (Å²) in [6.45, 7) is 3.81. The number of amidine groups is 1. The zero-order valence-corrected chi connectivity index (χ0v) is 19.3. The Hall–Kier alpha value is -2.69. The molecule has 10 nitrogen and oxygen atoms in total. The van der Waals surface area contributed by atoms with E-state index in [-0.39, 0.29) is 25.7 Å². The smallest absolute Gasteiger partial charge is 0.407 e. The van der Waals surface area contributed by atoms with Crippen LogP contribution >= 0.6 is 0 Å². The van der Waals surface area contributed by atoms with Crippen molar-refractivity contribution in [2.24, 2.45) is 16.6 Å². The Morgan fingerprint density at radius 3 is 2.53 bits per heavy atom. The normalized spacial score (nSPS) is 12.8. The summed E-state index contributed by atoms with van der Waals surface area (Å²) < 4.78 is 5.09. The number of ether oxygens (including phenoxy) is 1. The maximum Gasteiger partial charge on any atom is 0.407 e. The Labute approximate surface area is 190 Å². The van der Waals surface area contributed by atoms with Crippen LogP contribution in [-0.2, 0) is 16.0 Å². The van der Waals surface area contributed by atoms with Crippen LogP contribution < -0.4 is 22.2 Å². The lowest BCUT2D eigenvalue weighted by molar-refractivity contribution is -0.125. The number of amides is 2. The quantitative estimate of drug-likeness (QED) is 0.0966. The molecule has 10 heteroatoms. The molecule has 0 aliphatic carbocycles. The molecule has 1 aromatic carbocycles. The van der Waals surface area contributed by atoms with Gasteiger partial charge in [0.05, 0.1) is 18.1 Å². The fourth-order valence-corrected chi connectivity index (χ4v) is 2.92. The maximum absolute atomic E-state index is 12.5. The highest BCUT2D eigenvalue weighted by atomic mass is 16.5. The van der Waals surface area contributed by atoms with Crippen molar-refractivity contribution in [3.05, 3.63) is 35.9 Å². The molecule has 0 fully saturated rings. The standard InChI is InChI=1S/C22H38N6O4/c1-22(2,23)20(30)27-18(12-7-11-17-9-5-4-6-10-17)19(25-3)28(24)14-16-32-21(31)26-13-8-15-29/h4-6,9-10,18,29H,7-8,11-16,23-24H2,1-3H3,(H,26,31)(H,27,30). The van der Waals surface area contributed by atoms with Crippen molar-refractivity contribution in [1.29, 1.82) is 0 Å². The predicted molar refractivity (Wildman–Crippen MR) is 125 cm³/mol. The van der Waals surface area contributed by atoms with Crippen LogP contribution in [0.1, 0.15) is 38.7 Å². The molecule has 0 spiro atoms. The molecule has 0 aromatic heterocycles. The lowest BCUT2D eigenvalue weighted by Crippen LogP contribution is -2.57. The van der Waals surface area contributed by atoms with Crippen LogP contribution in [0.5, 0.6) is 0 Å². The van der Waals surface area contributed by atoms with Crippen LogP contribution in [0.3, 0.4) is 0 Å². The minimum Gasteiger partial charge on any atom is -0.448 e. The molecule has 0 aliphatic heterocycles. The number of hydrazine groups is 1. The number of alkyl carbamates (subject to hydrolysis) is 1. The van der Waals surface area contributed by atoms with Gasteiger partial charge in [0.25, 0.3) is 0 Å². The number of aliphatic hydroxyl groups is 1. The highest BCUT2D eigenvalue weighted by molar-refractivity contribution is 5.93. The van der Waals surface area contributed by atoms with Crippen molar-refractivity contribution in [2.45, 2.75) is 51.1 Å². The highest BCUT2D eigenvalue weighted by Gasteiger charge is 2.28. The van der Waals surface area contributed by atoms with Gasteiger partial charge >= 0.3 is 6.09 Å². The minimum atomic E-state index is -1.05. The summed E-state index contributed by atoms with van der Waals surface area (Å²) in [5, 5.41) is 15.6. The molecule has 180 valence electrons. The first-order chi connectivity index (χ1) is 15.2. The van der Waals surface area contributed by atoms with Crippen LogP contribution in [0.4, 0.5) is 4.79 Å². The zero-order valence-electron chi connectivity index (χ0n) is 19.3. The zero-order chi connectivity index (χ0) is 24.0. The molecule has 0 bridgehead atoms. The van der Waals surface area contributed by atoms with Gasteiger partial charge in [-0.3, -0.25) is 14.8 Å². The summed E-state index contributed by atoms with van der Waals surface area (Å²) in [7, 11) is 1.60. The first kappa shape index (κ1) is 27.3. The summed E-state index contributed by atoms with van der Waals surface area (Å²) in [6.07, 6.45) is 2.13. The van der Waals surface area contributed by atoms with Crippen molar-refractivity contribution < 1.29 is 19.4 Å². The third kappa shape index (κ3) is 10.6. The molecule has 1 atom stereocenters. The molecule has 1 rings (SSSR count). The van der Waals surface area contributed by atoms with E-state index in [1.54, 1.807) is 20.9 Å². The van der Waals surface area contributed by atoms with E-state index in [1.165, 1.54) is 10.6 Å². The van der Waals surface area contributed by atoms with E-state index in [2.05, 4.69) is 27.8 Å². The summed E-state index contributed by atoms with van der Waals surface area (Å²) in [4.78, 5) is 28.4. The van der Waals surface area contributed by atoms with Crippen molar-refractivity contribution in [1.82, 2.24) is 15.6 Å². The van der Waals surface area contributed by atoms with Crippen molar-refractivity contribution in [3.63, 3.8) is 0 Å². The fraction of sp³-hybridized carbons (Fsp3) is 0.591. The van der Waals surface area contributed by atoms with Crippen molar-refractivity contribution in [3.8, 4) is 0 Å². The van der Waals surface area contributed by atoms with E-state index in [9.17, 15) is 9.59 Å². The Balaban J connectivity index is 2.70. The number of hydrogen-bond donors (Lipinski definition) is 5. The molecular weight excluding hydrogens is 412 g/mol. The molecule has 0 saturated heterocycles. The summed E-state index contributed by atoms with van der Waals surface area (Å²) in [5.74, 6) is 6.34. The van der Waals surface area contributed by atoms with E-state index in [0.29, 0.717) is 25.2 Å². The van der Waals surface area contributed by atoms with Gasteiger partial charge in [-0.25, -0.2) is 10.6 Å². The molecule has 0 saturated carbocycles. The van der Waals surface area contributed by atoms with Crippen molar-refractivity contribution >= 4 is 17.8 Å². The number of nitrogens with one attached hydrogen (secondary N) is 2. The number of aryl methyl sites for hydroxylation is 1. The second kappa shape index (κ2) is 14.4. The number of aliphatic imine (C=N–C) groups is 1. The molecule has 0 aliphatic rings. The van der Waals surface area contributed by atoms with Crippen LogP contribution in [-0.4, -0.2) is 72.9 Å². The average molecular weight is 451 g/mol. The number of aliphatic hydroxyl groups excluding tert-OH is 1. The Bertz CT molecular complexity index is 721. The number of nitrogens with two attached hydrogens (primary N) is 2. The first-order valence-electron chi connectivity index (χ1n) is 10.8. The van der Waals surface area contributed by atoms with Gasteiger partial charge in [-0.05, 0) is 45.1 Å². The molecule has 1 aromatic rings. The Morgan fingerprint density at radius 1 is 1.25 bits per heavy atom. The lowest BCUT2D eigenvalue weighted by Gasteiger charge is -2.30. The average Bonchev–Trinajstić information content (AvgIpc) is 2.74. The minimum absolute atomic E-state index is 0.00975. The van der Waals surface area contributed by atoms with Gasteiger partial charge in [0.1, 0.15) is 12.4 Å². The maximum atomic E-state index is 12.5. The van der Waals surface area contributed by atoms with E-state index in [0.717, 1.165) is 12.8 Å². The van der Waals surface area contributed by atoms with Crippen LogP contribution in [0, 0.1) is 0 Å². The summed E-state index contributed by atoms with van der Waals surface area (Å²) in [5.41, 5.74) is 6.11. The topological polar surface area (TPSA) is 155 Å². The SMILES string of the molecule is CN=C(C(CCCc1ccccc1)NC(=O)C(C)(C)N)N(N)CCOC(=O)NCCCO. The summed E-state index contributed by atoms with van der Waals surface area (Å²) >= 11 is 0.